The highest BCUT2D eigenvalue weighted by Crippen LogP contribution is 2.13. The molecule has 0 spiro atoms. The van der Waals surface area contributed by atoms with Crippen molar-refractivity contribution in [1.29, 1.82) is 0 Å². The third-order valence-corrected chi connectivity index (χ3v) is 3.65. The Labute approximate surface area is 112 Å². The molecule has 2 nitrogen and oxygen atoms in total. The van der Waals surface area contributed by atoms with Gasteiger partial charge in [0.25, 0.3) is 0 Å². The van der Waals surface area contributed by atoms with Crippen molar-refractivity contribution in [3.8, 4) is 0 Å². The van der Waals surface area contributed by atoms with Crippen molar-refractivity contribution in [2.45, 2.75) is 33.1 Å². The number of Topliss-reactive ketones (excluding diaryl/α,β-unsaturated/α-hetero) is 1. The third kappa shape index (κ3) is 3.26. The zero-order valence-electron chi connectivity index (χ0n) is 10.8. The topological polar surface area (TPSA) is 30.0 Å². The van der Waals surface area contributed by atoms with E-state index in [1.54, 1.807) is 11.3 Å². The fraction of sp³-hybridized carbons (Fsp3) is 0.333. The summed E-state index contributed by atoms with van der Waals surface area (Å²) in [5.74, 6) is 0.142. The van der Waals surface area contributed by atoms with Gasteiger partial charge in [0.2, 0.25) is 0 Å². The highest BCUT2D eigenvalue weighted by atomic mass is 32.1. The van der Waals surface area contributed by atoms with Gasteiger partial charge in [-0.3, -0.25) is 4.79 Å². The first-order chi connectivity index (χ1) is 8.69. The van der Waals surface area contributed by atoms with E-state index in [2.05, 4.69) is 11.9 Å². The molecule has 18 heavy (non-hydrogen) atoms. The van der Waals surface area contributed by atoms with Gasteiger partial charge in [0.15, 0.2) is 5.78 Å². The number of aromatic nitrogens is 1. The minimum atomic E-state index is 0.142. The largest absolute Gasteiger partial charge is 0.294 e. The maximum atomic E-state index is 12.1. The molecule has 0 aliphatic rings. The quantitative estimate of drug-likeness (QED) is 0.764. The molecule has 0 aliphatic heterocycles. The van der Waals surface area contributed by atoms with Crippen LogP contribution < -0.4 is 0 Å². The van der Waals surface area contributed by atoms with Gasteiger partial charge in [0.05, 0.1) is 17.1 Å². The molecule has 3 heteroatoms. The van der Waals surface area contributed by atoms with Gasteiger partial charge in [-0.2, -0.15) is 0 Å². The number of carbonyl (C=O) groups excluding carboxylic acids is 1. The number of ketones is 1. The molecular weight excluding hydrogens is 242 g/mol. The van der Waals surface area contributed by atoms with Crippen LogP contribution in [0.3, 0.4) is 0 Å². The van der Waals surface area contributed by atoms with Crippen LogP contribution in [-0.2, 0) is 12.8 Å². The summed E-state index contributed by atoms with van der Waals surface area (Å²) in [6.07, 6.45) is 2.60. The molecule has 0 fully saturated rings. The third-order valence-electron chi connectivity index (χ3n) is 2.82. The fourth-order valence-electron chi connectivity index (χ4n) is 1.90. The molecule has 0 atom stereocenters. The van der Waals surface area contributed by atoms with Crippen LogP contribution >= 0.6 is 11.3 Å². The van der Waals surface area contributed by atoms with Crippen molar-refractivity contribution in [2.24, 2.45) is 0 Å². The van der Waals surface area contributed by atoms with E-state index in [1.807, 2.05) is 36.6 Å². The Hall–Kier alpha value is -1.48. The molecule has 0 aliphatic carbocycles. The van der Waals surface area contributed by atoms with Crippen LogP contribution in [0.15, 0.2) is 29.6 Å². The van der Waals surface area contributed by atoms with Crippen molar-refractivity contribution in [1.82, 2.24) is 4.98 Å². The van der Waals surface area contributed by atoms with Gasteiger partial charge >= 0.3 is 0 Å². The average molecular weight is 259 g/mol. The summed E-state index contributed by atoms with van der Waals surface area (Å²) in [5.41, 5.74) is 2.94. The molecule has 0 bridgehead atoms. The van der Waals surface area contributed by atoms with Crippen LogP contribution in [0.1, 0.15) is 40.0 Å². The summed E-state index contributed by atoms with van der Waals surface area (Å²) in [4.78, 5) is 16.4. The number of carbonyl (C=O) groups is 1. The first-order valence-corrected chi connectivity index (χ1v) is 7.10. The standard InChI is InChI=1S/C15H17NOS/c1-3-4-12-5-7-13(8-6-12)15(17)9-14-10-18-11(2)16-14/h5-8,10H,3-4,9H2,1-2H3. The lowest BCUT2D eigenvalue weighted by molar-refractivity contribution is 0.0992. The second-order valence-corrected chi connectivity index (χ2v) is 5.47. The Morgan fingerprint density at radius 3 is 2.56 bits per heavy atom. The molecule has 0 radical (unpaired) electrons. The molecule has 1 aromatic heterocycles. The summed E-state index contributed by atoms with van der Waals surface area (Å²) in [6, 6.07) is 7.94. The van der Waals surface area contributed by atoms with E-state index in [1.165, 1.54) is 5.56 Å². The van der Waals surface area contributed by atoms with Gasteiger partial charge in [0.1, 0.15) is 0 Å². The maximum absolute atomic E-state index is 12.1. The van der Waals surface area contributed by atoms with E-state index >= 15 is 0 Å². The summed E-state index contributed by atoms with van der Waals surface area (Å²) < 4.78 is 0. The molecule has 0 saturated carbocycles. The fourth-order valence-corrected chi connectivity index (χ4v) is 2.51. The second-order valence-electron chi connectivity index (χ2n) is 4.40. The van der Waals surface area contributed by atoms with E-state index in [-0.39, 0.29) is 5.78 Å². The van der Waals surface area contributed by atoms with E-state index in [4.69, 9.17) is 0 Å². The minimum Gasteiger partial charge on any atom is -0.294 e. The number of nitrogens with zero attached hydrogens (tertiary/aromatic N) is 1. The predicted octanol–water partition coefficient (Wildman–Crippen LogP) is 3.83. The van der Waals surface area contributed by atoms with Crippen LogP contribution in [0, 0.1) is 6.92 Å². The highest BCUT2D eigenvalue weighted by Gasteiger charge is 2.09. The molecular formula is C15H17NOS. The van der Waals surface area contributed by atoms with E-state index in [0.29, 0.717) is 6.42 Å². The van der Waals surface area contributed by atoms with Crippen molar-refractivity contribution < 1.29 is 4.79 Å². The van der Waals surface area contributed by atoms with Gasteiger partial charge in [0, 0.05) is 10.9 Å². The van der Waals surface area contributed by atoms with E-state index in [0.717, 1.165) is 29.1 Å². The zero-order valence-corrected chi connectivity index (χ0v) is 11.6. The van der Waals surface area contributed by atoms with Gasteiger partial charge in [-0.15, -0.1) is 11.3 Å². The smallest absolute Gasteiger partial charge is 0.168 e. The summed E-state index contributed by atoms with van der Waals surface area (Å²) in [5, 5.41) is 2.97. The van der Waals surface area contributed by atoms with E-state index < -0.39 is 0 Å². The first-order valence-electron chi connectivity index (χ1n) is 6.22. The average Bonchev–Trinajstić information content (AvgIpc) is 2.76. The molecule has 2 aromatic rings. The molecule has 0 saturated heterocycles. The molecule has 0 N–H and O–H groups in total. The van der Waals surface area contributed by atoms with Crippen molar-refractivity contribution in [3.63, 3.8) is 0 Å². The Kier molecular flexibility index (Phi) is 4.26. The lowest BCUT2D eigenvalue weighted by Crippen LogP contribution is -2.04. The Bertz CT molecular complexity index is 528. The van der Waals surface area contributed by atoms with Crippen LogP contribution in [0.2, 0.25) is 0 Å². The van der Waals surface area contributed by atoms with Crippen molar-refractivity contribution in [2.75, 3.05) is 0 Å². The Morgan fingerprint density at radius 2 is 2.00 bits per heavy atom. The molecule has 1 heterocycles. The molecule has 2 rings (SSSR count). The van der Waals surface area contributed by atoms with Gasteiger partial charge in [-0.05, 0) is 18.9 Å². The SMILES string of the molecule is CCCc1ccc(C(=O)Cc2csc(C)n2)cc1. The number of hydrogen-bond donors (Lipinski definition) is 0. The van der Waals surface area contributed by atoms with Crippen LogP contribution in [0.25, 0.3) is 0 Å². The molecule has 0 amide bonds. The summed E-state index contributed by atoms with van der Waals surface area (Å²) >= 11 is 1.59. The molecule has 1 aromatic carbocycles. The summed E-state index contributed by atoms with van der Waals surface area (Å²) in [6.45, 7) is 4.11. The number of hydrogen-bond acceptors (Lipinski definition) is 3. The number of benzene rings is 1. The maximum Gasteiger partial charge on any atom is 0.168 e. The van der Waals surface area contributed by atoms with Crippen LogP contribution in [0.5, 0.6) is 0 Å². The van der Waals surface area contributed by atoms with Crippen LogP contribution in [-0.4, -0.2) is 10.8 Å². The van der Waals surface area contributed by atoms with Crippen molar-refractivity contribution in [3.05, 3.63) is 51.5 Å². The normalized spacial score (nSPS) is 10.6. The highest BCUT2D eigenvalue weighted by molar-refractivity contribution is 7.09. The molecule has 0 unspecified atom stereocenters. The molecule has 94 valence electrons. The number of thiazole rings is 1. The lowest BCUT2D eigenvalue weighted by Gasteiger charge is -2.02. The van der Waals surface area contributed by atoms with Gasteiger partial charge < -0.3 is 0 Å². The second kappa shape index (κ2) is 5.91. The predicted molar refractivity (Wildman–Crippen MR) is 75.3 cm³/mol. The lowest BCUT2D eigenvalue weighted by atomic mass is 10.0. The number of rotatable bonds is 5. The minimum absolute atomic E-state index is 0.142. The zero-order chi connectivity index (χ0) is 13.0. The van der Waals surface area contributed by atoms with Gasteiger partial charge in [-0.25, -0.2) is 4.98 Å². The Morgan fingerprint density at radius 1 is 1.28 bits per heavy atom. The van der Waals surface area contributed by atoms with Crippen molar-refractivity contribution >= 4 is 17.1 Å². The number of aryl methyl sites for hydroxylation is 2. The first kappa shape index (κ1) is 13.0. The van der Waals surface area contributed by atoms with Gasteiger partial charge in [-0.1, -0.05) is 37.6 Å². The van der Waals surface area contributed by atoms with E-state index in [9.17, 15) is 4.79 Å². The van der Waals surface area contributed by atoms with Crippen LogP contribution in [0.4, 0.5) is 0 Å². The Balaban J connectivity index is 2.04. The monoisotopic (exact) mass is 259 g/mol. The summed E-state index contributed by atoms with van der Waals surface area (Å²) in [7, 11) is 0.